The first-order chi connectivity index (χ1) is 13.2. The molecule has 7 heteroatoms. The summed E-state index contributed by atoms with van der Waals surface area (Å²) in [4.78, 5) is 12.6. The number of hydrogen-bond donors (Lipinski definition) is 1. The molecule has 0 unspecified atom stereocenters. The summed E-state index contributed by atoms with van der Waals surface area (Å²) in [5.41, 5.74) is 2.87. The number of aryl methyl sites for hydroxylation is 2. The Labute approximate surface area is 167 Å². The molecule has 2 aromatic carbocycles. The van der Waals surface area contributed by atoms with E-state index in [4.69, 9.17) is 4.74 Å². The summed E-state index contributed by atoms with van der Waals surface area (Å²) in [5.74, 6) is -0.368. The van der Waals surface area contributed by atoms with Crippen molar-refractivity contribution in [1.29, 1.82) is 0 Å². The van der Waals surface area contributed by atoms with Crippen molar-refractivity contribution in [1.82, 2.24) is 9.62 Å². The highest BCUT2D eigenvalue weighted by molar-refractivity contribution is 7.89. The molecule has 0 aliphatic carbocycles. The minimum atomic E-state index is -3.83. The average Bonchev–Trinajstić information content (AvgIpc) is 2.63. The van der Waals surface area contributed by atoms with Gasteiger partial charge in [0, 0.05) is 19.7 Å². The summed E-state index contributed by atoms with van der Waals surface area (Å²) in [6.07, 6.45) is 0. The Hall–Kier alpha value is -2.22. The van der Waals surface area contributed by atoms with Crippen LogP contribution in [0.1, 0.15) is 23.6 Å². The first kappa shape index (κ1) is 22.1. The lowest BCUT2D eigenvalue weighted by molar-refractivity contribution is -0.122. The third-order valence-corrected chi connectivity index (χ3v) is 6.09. The Morgan fingerprint density at radius 3 is 2.11 bits per heavy atom. The molecule has 0 spiro atoms. The molecule has 0 aromatic heterocycles. The van der Waals surface area contributed by atoms with Crippen molar-refractivity contribution in [2.75, 3.05) is 20.3 Å². The van der Waals surface area contributed by atoms with Crippen LogP contribution in [0.3, 0.4) is 0 Å². The molecule has 1 atom stereocenters. The largest absolute Gasteiger partial charge is 0.383 e. The lowest BCUT2D eigenvalue weighted by atomic mass is 10.1. The van der Waals surface area contributed by atoms with Gasteiger partial charge in [0.15, 0.2) is 0 Å². The highest BCUT2D eigenvalue weighted by Crippen LogP contribution is 2.19. The van der Waals surface area contributed by atoms with Gasteiger partial charge in [0.2, 0.25) is 15.9 Å². The van der Waals surface area contributed by atoms with E-state index in [1.165, 1.54) is 4.31 Å². The quantitative estimate of drug-likeness (QED) is 0.697. The van der Waals surface area contributed by atoms with Crippen molar-refractivity contribution in [3.63, 3.8) is 0 Å². The maximum atomic E-state index is 13.2. The van der Waals surface area contributed by atoms with Crippen molar-refractivity contribution in [2.24, 2.45) is 0 Å². The van der Waals surface area contributed by atoms with E-state index >= 15 is 0 Å². The second-order valence-electron chi connectivity index (χ2n) is 7.00. The average molecular weight is 405 g/mol. The fourth-order valence-electron chi connectivity index (χ4n) is 2.75. The molecule has 0 radical (unpaired) electrons. The second-order valence-corrected chi connectivity index (χ2v) is 8.93. The van der Waals surface area contributed by atoms with Gasteiger partial charge in [0.25, 0.3) is 0 Å². The van der Waals surface area contributed by atoms with Crippen LogP contribution in [0, 0.1) is 13.8 Å². The molecular weight excluding hydrogens is 376 g/mol. The molecule has 1 amide bonds. The molecule has 0 bridgehead atoms. The van der Waals surface area contributed by atoms with Crippen LogP contribution in [0.4, 0.5) is 0 Å². The first-order valence-corrected chi connectivity index (χ1v) is 10.6. The maximum absolute atomic E-state index is 13.2. The third kappa shape index (κ3) is 6.15. The van der Waals surface area contributed by atoms with Gasteiger partial charge in [0.1, 0.15) is 0 Å². The number of hydrogen-bond acceptors (Lipinski definition) is 4. The normalized spacial score (nSPS) is 12.8. The predicted molar refractivity (Wildman–Crippen MR) is 109 cm³/mol. The van der Waals surface area contributed by atoms with Crippen molar-refractivity contribution >= 4 is 15.9 Å². The molecule has 28 heavy (non-hydrogen) atoms. The number of carbonyl (C=O) groups is 1. The van der Waals surface area contributed by atoms with E-state index in [2.05, 4.69) is 5.32 Å². The molecule has 152 valence electrons. The van der Waals surface area contributed by atoms with Crippen LogP contribution < -0.4 is 5.32 Å². The smallest absolute Gasteiger partial charge is 0.243 e. The molecule has 0 saturated carbocycles. The minimum absolute atomic E-state index is 0.114. The number of rotatable bonds is 9. The van der Waals surface area contributed by atoms with Crippen molar-refractivity contribution in [3.05, 3.63) is 65.2 Å². The van der Waals surface area contributed by atoms with E-state index in [0.717, 1.165) is 16.7 Å². The van der Waals surface area contributed by atoms with E-state index < -0.39 is 10.0 Å². The number of ether oxygens (including phenoxy) is 1. The Kier molecular flexibility index (Phi) is 7.74. The van der Waals surface area contributed by atoms with Crippen molar-refractivity contribution < 1.29 is 17.9 Å². The monoisotopic (exact) mass is 404 g/mol. The van der Waals surface area contributed by atoms with Gasteiger partial charge in [-0.25, -0.2) is 8.42 Å². The van der Waals surface area contributed by atoms with Gasteiger partial charge in [-0.1, -0.05) is 47.5 Å². The topological polar surface area (TPSA) is 75.7 Å². The number of carbonyl (C=O) groups excluding carboxylic acids is 1. The molecule has 0 aliphatic heterocycles. The summed E-state index contributed by atoms with van der Waals surface area (Å²) in [6, 6.07) is 14.0. The van der Waals surface area contributed by atoms with Gasteiger partial charge in [0.05, 0.1) is 18.0 Å². The molecule has 2 aromatic rings. The van der Waals surface area contributed by atoms with Crippen LogP contribution in [-0.2, 0) is 26.1 Å². The molecule has 0 aliphatic rings. The van der Waals surface area contributed by atoms with Crippen molar-refractivity contribution in [2.45, 2.75) is 38.3 Å². The molecule has 0 heterocycles. The van der Waals surface area contributed by atoms with Gasteiger partial charge in [-0.2, -0.15) is 4.31 Å². The van der Waals surface area contributed by atoms with Crippen LogP contribution in [0.5, 0.6) is 0 Å². The standard InChI is InChI=1S/C21H28N2O4S/c1-16-5-9-19(10-6-16)13-23(14-21(24)22-18(3)15-27-4)28(25,26)20-11-7-17(2)8-12-20/h5-12,18H,13-15H2,1-4H3,(H,22,24)/t18-/m0/s1. The van der Waals surface area contributed by atoms with Crippen LogP contribution in [-0.4, -0.2) is 44.9 Å². The number of nitrogens with one attached hydrogen (secondary N) is 1. The second kappa shape index (κ2) is 9.82. The maximum Gasteiger partial charge on any atom is 0.243 e. The van der Waals surface area contributed by atoms with Crippen LogP contribution in [0.25, 0.3) is 0 Å². The zero-order valence-electron chi connectivity index (χ0n) is 16.8. The summed E-state index contributed by atoms with van der Waals surface area (Å²) < 4.78 is 32.6. The SMILES string of the molecule is COC[C@H](C)NC(=O)CN(Cc1ccc(C)cc1)S(=O)(=O)c1ccc(C)cc1. The molecule has 0 fully saturated rings. The zero-order chi connectivity index (χ0) is 20.7. The highest BCUT2D eigenvalue weighted by Gasteiger charge is 2.27. The van der Waals surface area contributed by atoms with Gasteiger partial charge >= 0.3 is 0 Å². The van der Waals surface area contributed by atoms with Crippen LogP contribution in [0.15, 0.2) is 53.4 Å². The molecule has 6 nitrogen and oxygen atoms in total. The lowest BCUT2D eigenvalue weighted by Crippen LogP contribution is -2.44. The molecule has 2 rings (SSSR count). The number of nitrogens with zero attached hydrogens (tertiary/aromatic N) is 1. The predicted octanol–water partition coefficient (Wildman–Crippen LogP) is 2.65. The lowest BCUT2D eigenvalue weighted by Gasteiger charge is -2.23. The Morgan fingerprint density at radius 2 is 1.57 bits per heavy atom. The third-order valence-electron chi connectivity index (χ3n) is 4.28. The fourth-order valence-corrected chi connectivity index (χ4v) is 4.14. The molecule has 1 N–H and O–H groups in total. The van der Waals surface area contributed by atoms with E-state index in [-0.39, 0.29) is 29.9 Å². The van der Waals surface area contributed by atoms with Gasteiger partial charge in [-0.05, 0) is 38.5 Å². The summed E-state index contributed by atoms with van der Waals surface area (Å²) in [7, 11) is -2.28. The minimum Gasteiger partial charge on any atom is -0.383 e. The molecular formula is C21H28N2O4S. The van der Waals surface area contributed by atoms with E-state index in [1.807, 2.05) is 38.1 Å². The van der Waals surface area contributed by atoms with Crippen LogP contribution >= 0.6 is 0 Å². The zero-order valence-corrected chi connectivity index (χ0v) is 17.6. The Bertz CT molecular complexity index is 878. The Balaban J connectivity index is 2.27. The number of benzene rings is 2. The van der Waals surface area contributed by atoms with Crippen LogP contribution in [0.2, 0.25) is 0 Å². The summed E-state index contributed by atoms with van der Waals surface area (Å²) in [5, 5.41) is 2.77. The first-order valence-electron chi connectivity index (χ1n) is 9.13. The van der Waals surface area contributed by atoms with Gasteiger partial charge < -0.3 is 10.1 Å². The summed E-state index contributed by atoms with van der Waals surface area (Å²) >= 11 is 0. The fraction of sp³-hybridized carbons (Fsp3) is 0.381. The summed E-state index contributed by atoms with van der Waals surface area (Å²) in [6.45, 7) is 5.87. The van der Waals surface area contributed by atoms with Gasteiger partial charge in [-0.15, -0.1) is 0 Å². The van der Waals surface area contributed by atoms with E-state index in [9.17, 15) is 13.2 Å². The van der Waals surface area contributed by atoms with E-state index in [0.29, 0.717) is 6.61 Å². The number of methoxy groups -OCH3 is 1. The Morgan fingerprint density at radius 1 is 1.04 bits per heavy atom. The van der Waals surface area contributed by atoms with Gasteiger partial charge in [-0.3, -0.25) is 4.79 Å². The molecule has 0 saturated heterocycles. The van der Waals surface area contributed by atoms with Crippen molar-refractivity contribution in [3.8, 4) is 0 Å². The number of sulfonamides is 1. The number of amides is 1. The van der Waals surface area contributed by atoms with E-state index in [1.54, 1.807) is 38.3 Å². The highest BCUT2D eigenvalue weighted by atomic mass is 32.2.